The molecule has 1 N–H and O–H groups in total. The number of likely N-dealkylation sites (tertiary alicyclic amines) is 1. The van der Waals surface area contributed by atoms with Gasteiger partial charge in [0.1, 0.15) is 0 Å². The van der Waals surface area contributed by atoms with Crippen molar-refractivity contribution in [3.63, 3.8) is 0 Å². The highest BCUT2D eigenvalue weighted by molar-refractivity contribution is 4.96. The Bertz CT molecular complexity index is 256. The van der Waals surface area contributed by atoms with Crippen LogP contribution in [0.5, 0.6) is 0 Å². The highest BCUT2D eigenvalue weighted by Crippen LogP contribution is 2.36. The molecular formula is C15H28N2. The number of fused-ring (bicyclic) bond motifs is 1. The first-order chi connectivity index (χ1) is 8.24. The summed E-state index contributed by atoms with van der Waals surface area (Å²) in [5.74, 6) is 2.84. The third-order valence-corrected chi connectivity index (χ3v) is 5.34. The van der Waals surface area contributed by atoms with Crippen molar-refractivity contribution in [2.24, 2.45) is 17.8 Å². The second-order valence-corrected chi connectivity index (χ2v) is 6.94. The molecule has 1 aliphatic carbocycles. The van der Waals surface area contributed by atoms with E-state index in [-0.39, 0.29) is 0 Å². The summed E-state index contributed by atoms with van der Waals surface area (Å²) < 4.78 is 0. The fourth-order valence-electron chi connectivity index (χ4n) is 4.73. The fourth-order valence-corrected chi connectivity index (χ4v) is 4.73. The predicted octanol–water partition coefficient (Wildman–Crippen LogP) is 2.49. The van der Waals surface area contributed by atoms with E-state index in [0.29, 0.717) is 0 Å². The molecule has 3 rings (SSSR count). The summed E-state index contributed by atoms with van der Waals surface area (Å²) in [5, 5.41) is 3.61. The average molecular weight is 236 g/mol. The lowest BCUT2D eigenvalue weighted by Gasteiger charge is -2.46. The molecule has 0 bridgehead atoms. The molecule has 3 aliphatic rings. The zero-order valence-corrected chi connectivity index (χ0v) is 11.5. The first-order valence-corrected chi connectivity index (χ1v) is 7.70. The molecule has 0 aromatic heterocycles. The number of nitrogens with one attached hydrogen (secondary N) is 1. The SMILES string of the molecule is CC1CC(C)CC(N2CCCC3CNCC32)C1. The van der Waals surface area contributed by atoms with E-state index >= 15 is 0 Å². The van der Waals surface area contributed by atoms with Gasteiger partial charge in [0.05, 0.1) is 0 Å². The normalized spacial score (nSPS) is 48.0. The van der Waals surface area contributed by atoms with Gasteiger partial charge in [-0.25, -0.2) is 0 Å². The molecule has 0 aromatic carbocycles. The molecule has 2 heterocycles. The van der Waals surface area contributed by atoms with Gasteiger partial charge in [0.2, 0.25) is 0 Å². The summed E-state index contributed by atoms with van der Waals surface area (Å²) >= 11 is 0. The van der Waals surface area contributed by atoms with Crippen LogP contribution in [0.25, 0.3) is 0 Å². The van der Waals surface area contributed by atoms with Crippen molar-refractivity contribution in [1.82, 2.24) is 10.2 Å². The molecule has 2 nitrogen and oxygen atoms in total. The van der Waals surface area contributed by atoms with Gasteiger partial charge in [-0.15, -0.1) is 0 Å². The number of hydrogen-bond donors (Lipinski definition) is 1. The lowest BCUT2D eigenvalue weighted by Crippen LogP contribution is -2.52. The molecule has 17 heavy (non-hydrogen) atoms. The molecule has 2 saturated heterocycles. The molecular weight excluding hydrogens is 208 g/mol. The molecule has 4 unspecified atom stereocenters. The van der Waals surface area contributed by atoms with Gasteiger partial charge in [0, 0.05) is 18.6 Å². The van der Waals surface area contributed by atoms with Crippen molar-refractivity contribution in [2.45, 2.75) is 58.0 Å². The minimum absolute atomic E-state index is 0.867. The van der Waals surface area contributed by atoms with Crippen molar-refractivity contribution < 1.29 is 0 Å². The van der Waals surface area contributed by atoms with Gasteiger partial charge >= 0.3 is 0 Å². The van der Waals surface area contributed by atoms with Crippen LogP contribution in [0.3, 0.4) is 0 Å². The molecule has 3 fully saturated rings. The summed E-state index contributed by atoms with van der Waals surface area (Å²) in [7, 11) is 0. The molecule has 0 aromatic rings. The van der Waals surface area contributed by atoms with Crippen LogP contribution in [0.1, 0.15) is 46.0 Å². The minimum atomic E-state index is 0.867. The predicted molar refractivity (Wildman–Crippen MR) is 72.1 cm³/mol. The smallest absolute Gasteiger partial charge is 0.0263 e. The maximum atomic E-state index is 3.61. The quantitative estimate of drug-likeness (QED) is 0.752. The molecule has 0 radical (unpaired) electrons. The van der Waals surface area contributed by atoms with E-state index < -0.39 is 0 Å². The first-order valence-electron chi connectivity index (χ1n) is 7.70. The van der Waals surface area contributed by atoms with Gasteiger partial charge in [-0.1, -0.05) is 13.8 Å². The minimum Gasteiger partial charge on any atom is -0.315 e. The van der Waals surface area contributed by atoms with Gasteiger partial charge in [-0.05, 0) is 62.9 Å². The lowest BCUT2D eigenvalue weighted by atomic mass is 9.78. The van der Waals surface area contributed by atoms with Crippen molar-refractivity contribution >= 4 is 0 Å². The number of nitrogens with zero attached hydrogens (tertiary/aromatic N) is 1. The van der Waals surface area contributed by atoms with Gasteiger partial charge in [0.25, 0.3) is 0 Å². The van der Waals surface area contributed by atoms with E-state index in [1.54, 1.807) is 0 Å². The average Bonchev–Trinajstić information content (AvgIpc) is 2.75. The first kappa shape index (κ1) is 12.0. The van der Waals surface area contributed by atoms with Crippen LogP contribution < -0.4 is 5.32 Å². The summed E-state index contributed by atoms with van der Waals surface area (Å²) in [6.45, 7) is 8.81. The molecule has 4 atom stereocenters. The second kappa shape index (κ2) is 4.89. The van der Waals surface area contributed by atoms with E-state index in [0.717, 1.165) is 29.8 Å². The van der Waals surface area contributed by atoms with Crippen molar-refractivity contribution in [2.75, 3.05) is 19.6 Å². The van der Waals surface area contributed by atoms with E-state index in [9.17, 15) is 0 Å². The van der Waals surface area contributed by atoms with Crippen LogP contribution in [-0.4, -0.2) is 36.6 Å². The Balaban J connectivity index is 1.69. The molecule has 0 amide bonds. The van der Waals surface area contributed by atoms with E-state index in [1.807, 2.05) is 0 Å². The summed E-state index contributed by atoms with van der Waals surface area (Å²) in [6, 6.07) is 1.76. The second-order valence-electron chi connectivity index (χ2n) is 6.94. The highest BCUT2D eigenvalue weighted by atomic mass is 15.2. The van der Waals surface area contributed by atoms with E-state index in [1.165, 1.54) is 51.7 Å². The summed E-state index contributed by atoms with van der Waals surface area (Å²) in [6.07, 6.45) is 7.26. The van der Waals surface area contributed by atoms with Crippen molar-refractivity contribution in [3.05, 3.63) is 0 Å². The van der Waals surface area contributed by atoms with Crippen LogP contribution in [0, 0.1) is 17.8 Å². The fraction of sp³-hybridized carbons (Fsp3) is 1.00. The van der Waals surface area contributed by atoms with E-state index in [2.05, 4.69) is 24.1 Å². The Kier molecular flexibility index (Phi) is 3.45. The standard InChI is InChI=1S/C15H28N2/c1-11-6-12(2)8-14(7-11)17-5-3-4-13-9-16-10-15(13)17/h11-16H,3-10H2,1-2H3. The topological polar surface area (TPSA) is 15.3 Å². The van der Waals surface area contributed by atoms with Crippen LogP contribution >= 0.6 is 0 Å². The third-order valence-electron chi connectivity index (χ3n) is 5.34. The van der Waals surface area contributed by atoms with Crippen LogP contribution in [0.2, 0.25) is 0 Å². The zero-order valence-electron chi connectivity index (χ0n) is 11.5. The summed E-state index contributed by atoms with van der Waals surface area (Å²) in [5.41, 5.74) is 0. The van der Waals surface area contributed by atoms with E-state index in [4.69, 9.17) is 0 Å². The third kappa shape index (κ3) is 2.39. The Morgan fingerprint density at radius 2 is 1.76 bits per heavy atom. The number of hydrogen-bond acceptors (Lipinski definition) is 2. The van der Waals surface area contributed by atoms with Gasteiger partial charge in [-0.3, -0.25) is 4.90 Å². The number of piperidine rings is 1. The Morgan fingerprint density at radius 3 is 2.53 bits per heavy atom. The zero-order chi connectivity index (χ0) is 11.8. The van der Waals surface area contributed by atoms with Crippen LogP contribution in [0.15, 0.2) is 0 Å². The molecule has 2 heteroatoms. The van der Waals surface area contributed by atoms with Gasteiger partial charge < -0.3 is 5.32 Å². The Labute approximate surface area is 106 Å². The molecule has 1 saturated carbocycles. The molecule has 0 spiro atoms. The Morgan fingerprint density at radius 1 is 1.00 bits per heavy atom. The summed E-state index contributed by atoms with van der Waals surface area (Å²) in [4.78, 5) is 2.89. The van der Waals surface area contributed by atoms with Crippen LogP contribution in [-0.2, 0) is 0 Å². The van der Waals surface area contributed by atoms with Crippen molar-refractivity contribution in [3.8, 4) is 0 Å². The van der Waals surface area contributed by atoms with Gasteiger partial charge in [0.15, 0.2) is 0 Å². The lowest BCUT2D eigenvalue weighted by molar-refractivity contribution is 0.0354. The van der Waals surface area contributed by atoms with Gasteiger partial charge in [-0.2, -0.15) is 0 Å². The monoisotopic (exact) mass is 236 g/mol. The molecule has 2 aliphatic heterocycles. The number of rotatable bonds is 1. The maximum Gasteiger partial charge on any atom is 0.0263 e. The Hall–Kier alpha value is -0.0800. The van der Waals surface area contributed by atoms with Crippen molar-refractivity contribution in [1.29, 1.82) is 0 Å². The maximum absolute atomic E-state index is 3.61. The largest absolute Gasteiger partial charge is 0.315 e. The highest BCUT2D eigenvalue weighted by Gasteiger charge is 2.39. The van der Waals surface area contributed by atoms with Crippen LogP contribution in [0.4, 0.5) is 0 Å². The molecule has 98 valence electrons.